The maximum absolute atomic E-state index is 12.5. The van der Waals surface area contributed by atoms with Crippen molar-refractivity contribution in [3.05, 3.63) is 29.8 Å². The predicted octanol–water partition coefficient (Wildman–Crippen LogP) is 3.06. The Morgan fingerprint density at radius 2 is 2.00 bits per heavy atom. The number of methoxy groups -OCH3 is 1. The van der Waals surface area contributed by atoms with Crippen LogP contribution in [0.4, 0.5) is 8.78 Å². The second-order valence-corrected chi connectivity index (χ2v) is 4.94. The molecule has 0 aliphatic rings. The first-order chi connectivity index (χ1) is 9.85. The van der Waals surface area contributed by atoms with Crippen LogP contribution in [0.15, 0.2) is 24.3 Å². The van der Waals surface area contributed by atoms with Crippen molar-refractivity contribution in [2.45, 2.75) is 45.4 Å². The number of para-hydroxylation sites is 1. The van der Waals surface area contributed by atoms with Crippen LogP contribution in [0.25, 0.3) is 0 Å². The van der Waals surface area contributed by atoms with Gasteiger partial charge in [-0.1, -0.05) is 25.1 Å². The highest BCUT2D eigenvalue weighted by Crippen LogP contribution is 2.32. The van der Waals surface area contributed by atoms with Crippen molar-refractivity contribution >= 4 is 5.97 Å². The van der Waals surface area contributed by atoms with E-state index >= 15 is 0 Å². The fraction of sp³-hybridized carbons (Fsp3) is 0.533. The largest absolute Gasteiger partial charge is 0.467 e. The van der Waals surface area contributed by atoms with Crippen molar-refractivity contribution in [2.75, 3.05) is 7.11 Å². The van der Waals surface area contributed by atoms with E-state index in [-0.39, 0.29) is 11.8 Å². The van der Waals surface area contributed by atoms with E-state index in [0.717, 1.165) is 6.42 Å². The quantitative estimate of drug-likeness (QED) is 0.786. The van der Waals surface area contributed by atoms with Crippen molar-refractivity contribution in [1.82, 2.24) is 5.32 Å². The maximum Gasteiger partial charge on any atom is 0.387 e. The molecule has 4 nitrogen and oxygen atoms in total. The topological polar surface area (TPSA) is 47.6 Å². The van der Waals surface area contributed by atoms with Crippen molar-refractivity contribution in [2.24, 2.45) is 0 Å². The van der Waals surface area contributed by atoms with Gasteiger partial charge in [0.05, 0.1) is 7.11 Å². The molecule has 2 atom stereocenters. The Morgan fingerprint density at radius 3 is 2.52 bits per heavy atom. The van der Waals surface area contributed by atoms with Crippen molar-refractivity contribution in [1.29, 1.82) is 0 Å². The van der Waals surface area contributed by atoms with Crippen LogP contribution in [-0.4, -0.2) is 25.7 Å². The monoisotopic (exact) mass is 301 g/mol. The molecule has 0 fully saturated rings. The number of hydrogen-bond acceptors (Lipinski definition) is 4. The molecule has 0 radical (unpaired) electrons. The summed E-state index contributed by atoms with van der Waals surface area (Å²) in [6.07, 6.45) is 0.768. The molecule has 2 unspecified atom stereocenters. The van der Waals surface area contributed by atoms with Gasteiger partial charge in [0.2, 0.25) is 0 Å². The van der Waals surface area contributed by atoms with Gasteiger partial charge in [0, 0.05) is 11.6 Å². The van der Waals surface area contributed by atoms with Gasteiger partial charge in [-0.05, 0) is 26.3 Å². The number of halogens is 2. The number of carbonyl (C=O) groups excluding carboxylic acids is 1. The molecular formula is C15H21F2NO3. The highest BCUT2D eigenvalue weighted by molar-refractivity contribution is 5.83. The van der Waals surface area contributed by atoms with E-state index < -0.39 is 18.1 Å². The number of esters is 1. The van der Waals surface area contributed by atoms with Crippen LogP contribution in [0.1, 0.15) is 32.8 Å². The normalized spacial score (nSPS) is 15.4. The van der Waals surface area contributed by atoms with Crippen LogP contribution in [-0.2, 0) is 15.1 Å². The molecule has 6 heteroatoms. The molecule has 1 rings (SSSR count). The van der Waals surface area contributed by atoms with Gasteiger partial charge < -0.3 is 9.47 Å². The van der Waals surface area contributed by atoms with Gasteiger partial charge in [0.25, 0.3) is 0 Å². The zero-order valence-electron chi connectivity index (χ0n) is 12.7. The van der Waals surface area contributed by atoms with E-state index in [9.17, 15) is 13.6 Å². The Hall–Kier alpha value is -1.69. The number of alkyl halides is 2. The Labute approximate surface area is 123 Å². The van der Waals surface area contributed by atoms with E-state index in [1.807, 2.05) is 13.8 Å². The second-order valence-electron chi connectivity index (χ2n) is 4.94. The number of nitrogens with one attached hydrogen (secondary N) is 1. The van der Waals surface area contributed by atoms with Gasteiger partial charge in [-0.2, -0.15) is 8.78 Å². The van der Waals surface area contributed by atoms with Gasteiger partial charge in [-0.15, -0.1) is 0 Å². The molecule has 0 heterocycles. The zero-order valence-corrected chi connectivity index (χ0v) is 12.7. The summed E-state index contributed by atoms with van der Waals surface area (Å²) in [5.74, 6) is -0.607. The summed E-state index contributed by atoms with van der Waals surface area (Å²) in [7, 11) is 1.26. The van der Waals surface area contributed by atoms with E-state index in [2.05, 4.69) is 10.1 Å². The Bertz CT molecular complexity index is 482. The van der Waals surface area contributed by atoms with Gasteiger partial charge in [0.1, 0.15) is 11.3 Å². The molecule has 0 amide bonds. The summed E-state index contributed by atoms with van der Waals surface area (Å²) < 4.78 is 34.4. The fourth-order valence-corrected chi connectivity index (χ4v) is 2.12. The summed E-state index contributed by atoms with van der Waals surface area (Å²) >= 11 is 0. The average Bonchev–Trinajstić information content (AvgIpc) is 2.45. The van der Waals surface area contributed by atoms with E-state index in [1.165, 1.54) is 13.2 Å². The van der Waals surface area contributed by atoms with E-state index in [4.69, 9.17) is 4.74 Å². The third-order valence-corrected chi connectivity index (χ3v) is 3.38. The van der Waals surface area contributed by atoms with Crippen LogP contribution in [0.2, 0.25) is 0 Å². The van der Waals surface area contributed by atoms with Crippen molar-refractivity contribution in [3.8, 4) is 5.75 Å². The van der Waals surface area contributed by atoms with Crippen LogP contribution < -0.4 is 10.1 Å². The molecule has 0 saturated heterocycles. The minimum atomic E-state index is -2.96. The Kier molecular flexibility index (Phi) is 6.08. The second kappa shape index (κ2) is 7.36. The lowest BCUT2D eigenvalue weighted by Gasteiger charge is -2.32. The number of hydrogen-bond donors (Lipinski definition) is 1. The Morgan fingerprint density at radius 1 is 1.38 bits per heavy atom. The molecule has 1 aromatic rings. The maximum atomic E-state index is 12.5. The minimum absolute atomic E-state index is 0.00583. The van der Waals surface area contributed by atoms with E-state index in [1.54, 1.807) is 25.1 Å². The summed E-state index contributed by atoms with van der Waals surface area (Å²) in [5.41, 5.74) is -0.951. The minimum Gasteiger partial charge on any atom is -0.467 e. The van der Waals surface area contributed by atoms with Gasteiger partial charge in [-0.25, -0.2) is 4.79 Å². The van der Waals surface area contributed by atoms with E-state index in [0.29, 0.717) is 5.56 Å². The van der Waals surface area contributed by atoms with Gasteiger partial charge in [0.15, 0.2) is 0 Å². The number of ether oxygens (including phenoxy) is 2. The third-order valence-electron chi connectivity index (χ3n) is 3.38. The first kappa shape index (κ1) is 17.4. The highest BCUT2D eigenvalue weighted by atomic mass is 19.3. The molecular weight excluding hydrogens is 280 g/mol. The van der Waals surface area contributed by atoms with Crippen LogP contribution in [0.3, 0.4) is 0 Å². The molecule has 118 valence electrons. The molecule has 0 saturated carbocycles. The van der Waals surface area contributed by atoms with Gasteiger partial charge >= 0.3 is 12.6 Å². The molecule has 0 aliphatic heterocycles. The molecule has 0 spiro atoms. The fourth-order valence-electron chi connectivity index (χ4n) is 2.12. The molecule has 0 aliphatic carbocycles. The zero-order chi connectivity index (χ0) is 16.0. The van der Waals surface area contributed by atoms with Gasteiger partial charge in [-0.3, -0.25) is 5.32 Å². The molecule has 1 N–H and O–H groups in total. The predicted molar refractivity (Wildman–Crippen MR) is 75.3 cm³/mol. The standard InChI is InChI=1S/C15H21F2NO3/c1-5-10(2)18-15(3,13(19)20-4)11-8-6-7-9-12(11)21-14(16)17/h6-10,14,18H,5H2,1-4H3. The molecule has 0 aromatic heterocycles. The molecule has 0 bridgehead atoms. The lowest BCUT2D eigenvalue weighted by Crippen LogP contribution is -2.51. The first-order valence-corrected chi connectivity index (χ1v) is 6.75. The lowest BCUT2D eigenvalue weighted by molar-refractivity contribution is -0.149. The molecule has 21 heavy (non-hydrogen) atoms. The number of benzene rings is 1. The van der Waals surface area contributed by atoms with Crippen LogP contribution in [0.5, 0.6) is 5.75 Å². The van der Waals surface area contributed by atoms with Crippen molar-refractivity contribution < 1.29 is 23.0 Å². The van der Waals surface area contributed by atoms with Crippen molar-refractivity contribution in [3.63, 3.8) is 0 Å². The highest BCUT2D eigenvalue weighted by Gasteiger charge is 2.39. The third kappa shape index (κ3) is 4.14. The summed E-state index contributed by atoms with van der Waals surface area (Å²) in [5, 5.41) is 3.12. The Balaban J connectivity index is 3.29. The first-order valence-electron chi connectivity index (χ1n) is 6.75. The summed E-state index contributed by atoms with van der Waals surface area (Å²) in [4.78, 5) is 12.2. The SMILES string of the molecule is CCC(C)NC(C)(C(=O)OC)c1ccccc1OC(F)F. The number of carbonyl (C=O) groups is 1. The summed E-state index contributed by atoms with van der Waals surface area (Å²) in [6, 6.07) is 6.20. The lowest BCUT2D eigenvalue weighted by atomic mass is 9.90. The van der Waals surface area contributed by atoms with Crippen LogP contribution >= 0.6 is 0 Å². The number of rotatable bonds is 7. The van der Waals surface area contributed by atoms with Crippen LogP contribution in [0, 0.1) is 0 Å². The summed E-state index contributed by atoms with van der Waals surface area (Å²) in [6.45, 7) is 2.49. The molecule has 1 aromatic carbocycles. The average molecular weight is 301 g/mol. The smallest absolute Gasteiger partial charge is 0.387 e.